The van der Waals surface area contributed by atoms with Crippen LogP contribution >= 0.6 is 23.2 Å². The Morgan fingerprint density at radius 1 is 1.08 bits per heavy atom. The summed E-state index contributed by atoms with van der Waals surface area (Å²) < 4.78 is 9.94. The molecule has 0 aliphatic rings. The molecular formula is C18H14Cl2O4. The molecule has 0 spiro atoms. The summed E-state index contributed by atoms with van der Waals surface area (Å²) in [6.07, 6.45) is 2.70. The van der Waals surface area contributed by atoms with Gasteiger partial charge in [0.25, 0.3) is 0 Å². The molecule has 0 saturated heterocycles. The minimum absolute atomic E-state index is 0.302. The Hall–Kier alpha value is -2.30. The van der Waals surface area contributed by atoms with E-state index in [0.717, 1.165) is 0 Å². The van der Waals surface area contributed by atoms with Gasteiger partial charge in [0.05, 0.1) is 7.11 Å². The van der Waals surface area contributed by atoms with Crippen LogP contribution in [0.1, 0.15) is 15.9 Å². The number of hydrogen-bond acceptors (Lipinski definition) is 4. The fourth-order valence-corrected chi connectivity index (χ4v) is 2.31. The number of carbonyl (C=O) groups is 2. The third-order valence-corrected chi connectivity index (χ3v) is 3.68. The molecule has 0 aliphatic carbocycles. The van der Waals surface area contributed by atoms with E-state index in [2.05, 4.69) is 0 Å². The van der Waals surface area contributed by atoms with Gasteiger partial charge in [0, 0.05) is 21.7 Å². The zero-order valence-corrected chi connectivity index (χ0v) is 14.3. The zero-order chi connectivity index (χ0) is 17.5. The molecule has 2 aromatic carbocycles. The monoisotopic (exact) mass is 364 g/mol. The van der Waals surface area contributed by atoms with Gasteiger partial charge in [-0.3, -0.25) is 4.79 Å². The van der Waals surface area contributed by atoms with Crippen molar-refractivity contribution in [2.24, 2.45) is 0 Å². The Bertz CT molecular complexity index is 767. The Balaban J connectivity index is 1.90. The molecule has 24 heavy (non-hydrogen) atoms. The highest BCUT2D eigenvalue weighted by Crippen LogP contribution is 2.22. The van der Waals surface area contributed by atoms with Crippen molar-refractivity contribution in [3.05, 3.63) is 69.7 Å². The maximum Gasteiger partial charge on any atom is 0.331 e. The van der Waals surface area contributed by atoms with Gasteiger partial charge in [0.2, 0.25) is 0 Å². The number of benzene rings is 2. The number of rotatable bonds is 6. The molecule has 0 atom stereocenters. The van der Waals surface area contributed by atoms with E-state index < -0.39 is 5.97 Å². The van der Waals surface area contributed by atoms with Gasteiger partial charge in [-0.1, -0.05) is 29.3 Å². The van der Waals surface area contributed by atoms with Crippen LogP contribution in [0, 0.1) is 0 Å². The molecule has 0 unspecified atom stereocenters. The molecule has 2 aromatic rings. The lowest BCUT2D eigenvalue weighted by Crippen LogP contribution is -2.12. The zero-order valence-electron chi connectivity index (χ0n) is 12.8. The van der Waals surface area contributed by atoms with E-state index >= 15 is 0 Å². The lowest BCUT2D eigenvalue weighted by Gasteiger charge is -2.04. The summed E-state index contributed by atoms with van der Waals surface area (Å²) in [5.41, 5.74) is 1.06. The van der Waals surface area contributed by atoms with Crippen LogP contribution in [0.2, 0.25) is 10.0 Å². The summed E-state index contributed by atoms with van der Waals surface area (Å²) in [7, 11) is 1.54. The number of ether oxygens (including phenoxy) is 2. The molecule has 0 saturated carbocycles. The summed E-state index contributed by atoms with van der Waals surface area (Å²) in [5, 5.41) is 0.922. The fourth-order valence-electron chi connectivity index (χ4n) is 1.84. The maximum absolute atomic E-state index is 11.9. The Labute approximate surface area is 149 Å². The third-order valence-electron chi connectivity index (χ3n) is 3.12. The molecule has 6 heteroatoms. The molecule has 2 rings (SSSR count). The summed E-state index contributed by atoms with van der Waals surface area (Å²) in [6.45, 7) is -0.343. The average Bonchev–Trinajstić information content (AvgIpc) is 2.59. The quantitative estimate of drug-likeness (QED) is 0.431. The summed E-state index contributed by atoms with van der Waals surface area (Å²) in [4.78, 5) is 23.6. The van der Waals surface area contributed by atoms with Crippen LogP contribution < -0.4 is 4.74 Å². The van der Waals surface area contributed by atoms with Crippen molar-refractivity contribution in [3.8, 4) is 5.75 Å². The highest BCUT2D eigenvalue weighted by molar-refractivity contribution is 6.35. The highest BCUT2D eigenvalue weighted by atomic mass is 35.5. The minimum atomic E-state index is -0.636. The number of Topliss-reactive ketones (excluding diaryl/α,β-unsaturated/α-hetero) is 1. The summed E-state index contributed by atoms with van der Waals surface area (Å²) >= 11 is 11.8. The number of carbonyl (C=O) groups excluding carboxylic acids is 2. The number of halogens is 2. The van der Waals surface area contributed by atoms with Gasteiger partial charge < -0.3 is 9.47 Å². The van der Waals surface area contributed by atoms with Crippen molar-refractivity contribution in [2.45, 2.75) is 0 Å². The lowest BCUT2D eigenvalue weighted by atomic mass is 10.1. The minimum Gasteiger partial charge on any atom is -0.497 e. The van der Waals surface area contributed by atoms with Gasteiger partial charge in [0.1, 0.15) is 5.75 Å². The molecule has 4 nitrogen and oxygen atoms in total. The van der Waals surface area contributed by atoms with Crippen molar-refractivity contribution in [1.29, 1.82) is 0 Å². The Morgan fingerprint density at radius 3 is 2.42 bits per heavy atom. The Kier molecular flexibility index (Phi) is 6.41. The highest BCUT2D eigenvalue weighted by Gasteiger charge is 2.08. The molecule has 0 heterocycles. The molecule has 0 bridgehead atoms. The first kappa shape index (κ1) is 18.0. The average molecular weight is 365 g/mol. The van der Waals surface area contributed by atoms with Crippen LogP contribution in [-0.2, 0) is 9.53 Å². The van der Waals surface area contributed by atoms with Crippen molar-refractivity contribution >= 4 is 41.0 Å². The van der Waals surface area contributed by atoms with Crippen molar-refractivity contribution in [1.82, 2.24) is 0 Å². The van der Waals surface area contributed by atoms with E-state index in [4.69, 9.17) is 32.7 Å². The van der Waals surface area contributed by atoms with E-state index in [9.17, 15) is 9.59 Å². The van der Waals surface area contributed by atoms with Crippen LogP contribution in [0.15, 0.2) is 48.5 Å². The molecule has 0 radical (unpaired) electrons. The van der Waals surface area contributed by atoms with Gasteiger partial charge in [-0.25, -0.2) is 4.79 Å². The SMILES string of the molecule is COc1ccc(C(=O)COC(=O)/C=C/c2ccc(Cl)cc2Cl)cc1. The van der Waals surface area contributed by atoms with Crippen LogP contribution in [-0.4, -0.2) is 25.5 Å². The van der Waals surface area contributed by atoms with Gasteiger partial charge in [-0.2, -0.15) is 0 Å². The predicted octanol–water partition coefficient (Wildman–Crippen LogP) is 4.44. The van der Waals surface area contributed by atoms with Crippen molar-refractivity contribution < 1.29 is 19.1 Å². The van der Waals surface area contributed by atoms with Gasteiger partial charge in [0.15, 0.2) is 12.4 Å². The topological polar surface area (TPSA) is 52.6 Å². The first-order valence-electron chi connectivity index (χ1n) is 6.97. The first-order valence-corrected chi connectivity index (χ1v) is 7.72. The molecule has 0 aliphatic heterocycles. The van der Waals surface area contributed by atoms with Crippen LogP contribution in [0.5, 0.6) is 5.75 Å². The van der Waals surface area contributed by atoms with Crippen molar-refractivity contribution in [2.75, 3.05) is 13.7 Å². The maximum atomic E-state index is 11.9. The molecule has 0 amide bonds. The van der Waals surface area contributed by atoms with Gasteiger partial charge in [-0.15, -0.1) is 0 Å². The summed E-state index contributed by atoms with van der Waals surface area (Å²) in [6, 6.07) is 11.5. The lowest BCUT2D eigenvalue weighted by molar-refractivity contribution is -0.136. The van der Waals surface area contributed by atoms with Gasteiger partial charge >= 0.3 is 5.97 Å². The largest absolute Gasteiger partial charge is 0.497 e. The number of esters is 1. The van der Waals surface area contributed by atoms with Crippen molar-refractivity contribution in [3.63, 3.8) is 0 Å². The van der Waals surface area contributed by atoms with E-state index in [0.29, 0.717) is 26.9 Å². The number of ketones is 1. The molecule has 0 N–H and O–H groups in total. The Morgan fingerprint density at radius 2 is 1.79 bits per heavy atom. The normalized spacial score (nSPS) is 10.6. The summed E-state index contributed by atoms with van der Waals surface area (Å²) in [5.74, 6) is -0.293. The molecule has 0 aromatic heterocycles. The second-order valence-corrected chi connectivity index (χ2v) is 5.60. The smallest absolute Gasteiger partial charge is 0.331 e. The van der Waals surface area contributed by atoms with Gasteiger partial charge in [-0.05, 0) is 48.0 Å². The second-order valence-electron chi connectivity index (χ2n) is 4.76. The van der Waals surface area contributed by atoms with E-state index in [1.54, 1.807) is 42.5 Å². The van der Waals surface area contributed by atoms with Crippen LogP contribution in [0.25, 0.3) is 6.08 Å². The molecule has 0 fully saturated rings. The molecule has 124 valence electrons. The number of hydrogen-bond donors (Lipinski definition) is 0. The predicted molar refractivity (Wildman–Crippen MR) is 93.8 cm³/mol. The third kappa shape index (κ3) is 5.11. The second kappa shape index (κ2) is 8.52. The van der Waals surface area contributed by atoms with E-state index in [1.165, 1.54) is 19.3 Å². The fraction of sp³-hybridized carbons (Fsp3) is 0.111. The first-order chi connectivity index (χ1) is 11.5. The van der Waals surface area contributed by atoms with Crippen LogP contribution in [0.3, 0.4) is 0 Å². The van der Waals surface area contributed by atoms with E-state index in [-0.39, 0.29) is 12.4 Å². The van der Waals surface area contributed by atoms with Crippen LogP contribution in [0.4, 0.5) is 0 Å². The molecular weight excluding hydrogens is 351 g/mol. The number of methoxy groups -OCH3 is 1. The van der Waals surface area contributed by atoms with E-state index in [1.807, 2.05) is 0 Å². The standard InChI is InChI=1S/C18H14Cl2O4/c1-23-15-7-3-13(4-8-15)17(21)11-24-18(22)9-5-12-2-6-14(19)10-16(12)20/h2-10H,11H2,1H3/b9-5+.